The van der Waals surface area contributed by atoms with Gasteiger partial charge in [0.1, 0.15) is 0 Å². The minimum absolute atomic E-state index is 0.592. The molecule has 0 bridgehead atoms. The molecule has 0 aliphatic carbocycles. The molecule has 7 nitrogen and oxygen atoms in total. The van der Waals surface area contributed by atoms with Gasteiger partial charge in [-0.2, -0.15) is 0 Å². The van der Waals surface area contributed by atoms with E-state index in [9.17, 15) is 19.1 Å². The lowest BCUT2D eigenvalue weighted by atomic mass is 10.0. The molecule has 0 rings (SSSR count). The highest BCUT2D eigenvalue weighted by molar-refractivity contribution is 7.72. The van der Waals surface area contributed by atoms with Crippen LogP contribution in [0, 0.1) is 0 Å². The molecule has 9 heteroatoms. The lowest BCUT2D eigenvalue weighted by Crippen LogP contribution is -2.24. The number of aliphatic hydroxyl groups is 1. The summed E-state index contributed by atoms with van der Waals surface area (Å²) in [5.74, 6) is 0. The van der Waals surface area contributed by atoms with E-state index in [2.05, 4.69) is 11.4 Å². The first-order chi connectivity index (χ1) is 13.1. The Morgan fingerprint density at radius 1 is 0.786 bits per heavy atom. The number of allylic oxidation sites excluding steroid dienone is 1. The Kier molecular flexibility index (Phi) is 14.7. The van der Waals surface area contributed by atoms with Crippen molar-refractivity contribution < 1.29 is 33.4 Å². The van der Waals surface area contributed by atoms with Crippen LogP contribution < -0.4 is 0 Å². The van der Waals surface area contributed by atoms with Crippen LogP contribution in [0.3, 0.4) is 0 Å². The van der Waals surface area contributed by atoms with E-state index >= 15 is 0 Å². The van der Waals surface area contributed by atoms with Crippen molar-refractivity contribution in [3.63, 3.8) is 0 Å². The fourth-order valence-corrected chi connectivity index (χ4v) is 4.65. The largest absolute Gasteiger partial charge is 0.431 e. The van der Waals surface area contributed by atoms with Gasteiger partial charge in [-0.3, -0.25) is 4.57 Å². The van der Waals surface area contributed by atoms with Crippen molar-refractivity contribution in [3.8, 4) is 0 Å². The van der Waals surface area contributed by atoms with Crippen LogP contribution in [0.15, 0.2) is 12.3 Å². The summed E-state index contributed by atoms with van der Waals surface area (Å²) in [6.07, 6.45) is 19.4. The summed E-state index contributed by atoms with van der Waals surface area (Å²) < 4.78 is 27.4. The van der Waals surface area contributed by atoms with Crippen molar-refractivity contribution in [2.45, 2.75) is 109 Å². The molecule has 2 unspecified atom stereocenters. The van der Waals surface area contributed by atoms with Crippen LogP contribution >= 0.6 is 15.2 Å². The Bertz CT molecular complexity index is 514. The van der Waals surface area contributed by atoms with Crippen LogP contribution in [0.2, 0.25) is 0 Å². The standard InChI is InChI=1S/C19H40O7P2/c1-3-4-5-6-7-8-9-10-11-12-13-14-15-16-17-18-26-28(24,25)19(2,20)27(21,22)23/h17-18,20H,3-16H2,1-2H3,(H,24,25)(H2,21,22,23)/b18-17+. The molecule has 0 saturated heterocycles. The van der Waals surface area contributed by atoms with E-state index in [1.54, 1.807) is 0 Å². The van der Waals surface area contributed by atoms with Gasteiger partial charge in [-0.1, -0.05) is 84.0 Å². The van der Waals surface area contributed by atoms with E-state index in [1.165, 1.54) is 70.3 Å². The number of rotatable bonds is 18. The van der Waals surface area contributed by atoms with E-state index in [0.717, 1.165) is 25.5 Å². The average molecular weight is 442 g/mol. The maximum atomic E-state index is 11.8. The fraction of sp³-hybridized carbons (Fsp3) is 0.895. The van der Waals surface area contributed by atoms with Gasteiger partial charge in [0, 0.05) is 0 Å². The quantitative estimate of drug-likeness (QED) is 0.116. The van der Waals surface area contributed by atoms with E-state index in [-0.39, 0.29) is 0 Å². The van der Waals surface area contributed by atoms with Crippen LogP contribution in [0.25, 0.3) is 0 Å². The van der Waals surface area contributed by atoms with Crippen LogP contribution in [-0.4, -0.2) is 24.9 Å². The fourth-order valence-electron chi connectivity index (χ4n) is 2.74. The zero-order chi connectivity index (χ0) is 21.5. The SMILES string of the molecule is CCCCCCCCCCCCCCC/C=C/OP(=O)(O)C(C)(O)P(=O)(O)O. The van der Waals surface area contributed by atoms with Crippen LogP contribution in [-0.2, 0) is 13.7 Å². The smallest absolute Gasteiger partial charge is 0.419 e. The minimum Gasteiger partial charge on any atom is -0.431 e. The van der Waals surface area contributed by atoms with Crippen molar-refractivity contribution in [2.75, 3.05) is 0 Å². The molecule has 0 amide bonds. The lowest BCUT2D eigenvalue weighted by Gasteiger charge is -2.27. The van der Waals surface area contributed by atoms with Crippen molar-refractivity contribution in [1.82, 2.24) is 0 Å². The van der Waals surface area contributed by atoms with Crippen molar-refractivity contribution in [2.24, 2.45) is 0 Å². The molecule has 0 fully saturated rings. The highest BCUT2D eigenvalue weighted by Gasteiger charge is 2.57. The Labute approximate surface area is 170 Å². The molecular formula is C19H40O7P2. The molecule has 0 saturated carbocycles. The van der Waals surface area contributed by atoms with Gasteiger partial charge in [0.05, 0.1) is 6.26 Å². The second-order valence-corrected chi connectivity index (χ2v) is 12.0. The summed E-state index contributed by atoms with van der Waals surface area (Å²) in [4.78, 5) is 27.4. The first-order valence-corrected chi connectivity index (χ1v) is 13.7. The predicted molar refractivity (Wildman–Crippen MR) is 113 cm³/mol. The van der Waals surface area contributed by atoms with E-state index < -0.39 is 20.3 Å². The molecule has 0 aromatic heterocycles. The zero-order valence-electron chi connectivity index (χ0n) is 17.5. The summed E-state index contributed by atoms with van der Waals surface area (Å²) >= 11 is 0. The van der Waals surface area contributed by atoms with Crippen LogP contribution in [0.5, 0.6) is 0 Å². The number of unbranched alkanes of at least 4 members (excludes halogenated alkanes) is 13. The second kappa shape index (κ2) is 14.8. The first-order valence-electron chi connectivity index (χ1n) is 10.5. The molecule has 0 heterocycles. The van der Waals surface area contributed by atoms with Gasteiger partial charge in [0.25, 0.3) is 5.08 Å². The summed E-state index contributed by atoms with van der Waals surface area (Å²) in [6, 6.07) is 0. The third-order valence-corrected chi connectivity index (χ3v) is 8.98. The normalized spacial score (nSPS) is 16.8. The molecule has 0 spiro atoms. The molecule has 168 valence electrons. The topological polar surface area (TPSA) is 124 Å². The zero-order valence-corrected chi connectivity index (χ0v) is 19.3. The Morgan fingerprint density at radius 2 is 1.18 bits per heavy atom. The molecular weight excluding hydrogens is 402 g/mol. The average Bonchev–Trinajstić information content (AvgIpc) is 2.60. The third-order valence-electron chi connectivity index (χ3n) is 4.86. The van der Waals surface area contributed by atoms with E-state index in [4.69, 9.17) is 9.79 Å². The Balaban J connectivity index is 3.64. The molecule has 0 aromatic carbocycles. The maximum Gasteiger partial charge on any atom is 0.419 e. The van der Waals surface area contributed by atoms with Crippen molar-refractivity contribution in [1.29, 1.82) is 0 Å². The highest BCUT2D eigenvalue weighted by Crippen LogP contribution is 2.69. The van der Waals surface area contributed by atoms with Gasteiger partial charge < -0.3 is 24.3 Å². The first kappa shape index (κ1) is 27.8. The summed E-state index contributed by atoms with van der Waals surface area (Å²) in [5.41, 5.74) is 0. The minimum atomic E-state index is -5.20. The van der Waals surface area contributed by atoms with Gasteiger partial charge >= 0.3 is 15.2 Å². The van der Waals surface area contributed by atoms with Gasteiger partial charge in [-0.15, -0.1) is 0 Å². The monoisotopic (exact) mass is 442 g/mol. The van der Waals surface area contributed by atoms with E-state index in [1.807, 2.05) is 0 Å². The molecule has 4 N–H and O–H groups in total. The van der Waals surface area contributed by atoms with Crippen molar-refractivity contribution >= 4 is 15.2 Å². The van der Waals surface area contributed by atoms with Gasteiger partial charge in [0.15, 0.2) is 0 Å². The van der Waals surface area contributed by atoms with Gasteiger partial charge in [0.2, 0.25) is 0 Å². The van der Waals surface area contributed by atoms with Gasteiger partial charge in [-0.25, -0.2) is 4.57 Å². The van der Waals surface area contributed by atoms with Crippen molar-refractivity contribution in [3.05, 3.63) is 12.3 Å². The number of hydrogen-bond donors (Lipinski definition) is 4. The molecule has 0 aliphatic rings. The molecule has 0 aliphatic heterocycles. The highest BCUT2D eigenvalue weighted by atomic mass is 31.2. The Morgan fingerprint density at radius 3 is 1.57 bits per heavy atom. The Hall–Kier alpha value is -0.160. The summed E-state index contributed by atoms with van der Waals surface area (Å²) in [7, 11) is -10.1. The predicted octanol–water partition coefficient (Wildman–Crippen LogP) is 6.03. The second-order valence-electron chi connectivity index (χ2n) is 7.54. The van der Waals surface area contributed by atoms with Crippen LogP contribution in [0.4, 0.5) is 0 Å². The molecule has 2 atom stereocenters. The summed E-state index contributed by atoms with van der Waals surface area (Å²) in [6.45, 7) is 2.83. The number of hydrogen-bond acceptors (Lipinski definition) is 4. The van der Waals surface area contributed by atoms with Crippen LogP contribution in [0.1, 0.15) is 104 Å². The molecule has 0 radical (unpaired) electrons. The molecule has 0 aromatic rings. The lowest BCUT2D eigenvalue weighted by molar-refractivity contribution is 0.143. The molecule has 28 heavy (non-hydrogen) atoms. The third kappa shape index (κ3) is 11.7. The van der Waals surface area contributed by atoms with E-state index in [0.29, 0.717) is 13.3 Å². The maximum absolute atomic E-state index is 11.8. The summed E-state index contributed by atoms with van der Waals surface area (Å²) in [5, 5.41) is 6.44. The van der Waals surface area contributed by atoms with Gasteiger partial charge in [-0.05, 0) is 25.8 Å².